The van der Waals surface area contributed by atoms with Crippen LogP contribution in [-0.4, -0.2) is 9.97 Å². The molecule has 0 radical (unpaired) electrons. The Kier molecular flexibility index (Phi) is 7.43. The molecular weight excluding hydrogens is 572 g/mol. The minimum Gasteiger partial charge on any atom is -0.455 e. The summed E-state index contributed by atoms with van der Waals surface area (Å²) in [5, 5.41) is 4.39. The molecule has 2 heterocycles. The van der Waals surface area contributed by atoms with Gasteiger partial charge in [-0.25, -0.2) is 9.97 Å². The third-order valence-electron chi connectivity index (χ3n) is 9.17. The molecule has 0 saturated heterocycles. The molecule has 0 aliphatic heterocycles. The van der Waals surface area contributed by atoms with Gasteiger partial charge in [0.25, 0.3) is 0 Å². The second-order valence-electron chi connectivity index (χ2n) is 12.1. The van der Waals surface area contributed by atoms with Gasteiger partial charge in [0.1, 0.15) is 11.2 Å². The van der Waals surface area contributed by atoms with E-state index < -0.39 is 0 Å². The fourth-order valence-corrected chi connectivity index (χ4v) is 6.78. The highest BCUT2D eigenvalue weighted by Crippen LogP contribution is 2.43. The minimum atomic E-state index is 0.265. The van der Waals surface area contributed by atoms with Gasteiger partial charge in [0, 0.05) is 22.3 Å². The molecule has 2 aliphatic carbocycles. The second-order valence-corrected chi connectivity index (χ2v) is 12.1. The monoisotopic (exact) mass is 606 g/mol. The third kappa shape index (κ3) is 5.30. The Morgan fingerprint density at radius 2 is 1.68 bits per heavy atom. The molecule has 2 aromatic heterocycles. The van der Waals surface area contributed by atoms with Crippen LogP contribution in [0.25, 0.3) is 66.5 Å². The van der Waals surface area contributed by atoms with Crippen LogP contribution in [0.1, 0.15) is 30.5 Å². The van der Waals surface area contributed by atoms with Gasteiger partial charge in [-0.15, -0.1) is 0 Å². The number of nitrogens with zero attached hydrogens (tertiary/aromatic N) is 2. The molecule has 0 spiro atoms. The van der Waals surface area contributed by atoms with Crippen molar-refractivity contribution in [2.75, 3.05) is 0 Å². The molecule has 0 N–H and O–H groups in total. The molecule has 0 saturated carbocycles. The highest BCUT2D eigenvalue weighted by Gasteiger charge is 2.22. The average molecular weight is 607 g/mol. The third-order valence-corrected chi connectivity index (χ3v) is 9.17. The maximum Gasteiger partial charge on any atom is 0.164 e. The van der Waals surface area contributed by atoms with Crippen molar-refractivity contribution in [3.63, 3.8) is 0 Å². The summed E-state index contributed by atoms with van der Waals surface area (Å²) >= 11 is 0. The lowest BCUT2D eigenvalue weighted by Gasteiger charge is -2.16. The van der Waals surface area contributed by atoms with Crippen molar-refractivity contribution in [1.29, 1.82) is 0 Å². The summed E-state index contributed by atoms with van der Waals surface area (Å²) < 4.78 is 6.80. The molecule has 4 aromatic carbocycles. The number of aromatic nitrogens is 2. The van der Waals surface area contributed by atoms with E-state index in [1.165, 1.54) is 0 Å². The van der Waals surface area contributed by atoms with E-state index in [2.05, 4.69) is 128 Å². The first kappa shape index (κ1) is 28.7. The Morgan fingerprint density at radius 3 is 2.49 bits per heavy atom. The van der Waals surface area contributed by atoms with Crippen LogP contribution >= 0.6 is 0 Å². The molecule has 0 fully saturated rings. The molecule has 3 heteroatoms. The number of rotatable bonds is 7. The lowest BCUT2D eigenvalue weighted by Crippen LogP contribution is -2.01. The number of allylic oxidation sites excluding steroid dienone is 12. The maximum atomic E-state index is 6.80. The predicted octanol–water partition coefficient (Wildman–Crippen LogP) is 11.9. The summed E-state index contributed by atoms with van der Waals surface area (Å²) in [4.78, 5) is 10.3. The topological polar surface area (TPSA) is 38.9 Å². The van der Waals surface area contributed by atoms with Gasteiger partial charge in [-0.05, 0) is 70.5 Å². The van der Waals surface area contributed by atoms with E-state index in [9.17, 15) is 0 Å². The van der Waals surface area contributed by atoms with Crippen LogP contribution < -0.4 is 0 Å². The molecule has 0 amide bonds. The van der Waals surface area contributed by atoms with E-state index in [1.54, 1.807) is 0 Å². The van der Waals surface area contributed by atoms with Crippen molar-refractivity contribution in [3.8, 4) is 22.6 Å². The standard InChI is InChI=1S/C44H34N2O/c1-3-30(31-15-7-4-8-16-31)27-29(2)35-24-25-37(43-42(35)41-36-22-14-13-17-32(36)23-26-40(41)47-43)44-45-38(33-18-9-5-10-19-33)28-39(46-44)34-20-11-6-12-21-34/h3-5,7-11,13-15,17-28,31H,1-2,6,12,16H2/b30-27+. The smallest absolute Gasteiger partial charge is 0.164 e. The molecule has 6 aromatic rings. The van der Waals surface area contributed by atoms with Crippen LogP contribution in [0.2, 0.25) is 0 Å². The molecule has 47 heavy (non-hydrogen) atoms. The van der Waals surface area contributed by atoms with E-state index in [4.69, 9.17) is 14.4 Å². The van der Waals surface area contributed by atoms with Crippen molar-refractivity contribution in [1.82, 2.24) is 9.97 Å². The first-order chi connectivity index (χ1) is 23.2. The maximum absolute atomic E-state index is 6.80. The van der Waals surface area contributed by atoms with Crippen LogP contribution in [-0.2, 0) is 0 Å². The second kappa shape index (κ2) is 12.2. The largest absolute Gasteiger partial charge is 0.455 e. The van der Waals surface area contributed by atoms with Crippen LogP contribution in [0.4, 0.5) is 0 Å². The molecule has 3 nitrogen and oxygen atoms in total. The van der Waals surface area contributed by atoms with Crippen LogP contribution in [0.3, 0.4) is 0 Å². The van der Waals surface area contributed by atoms with Crippen molar-refractivity contribution < 1.29 is 4.42 Å². The van der Waals surface area contributed by atoms with Crippen molar-refractivity contribution in [3.05, 3.63) is 170 Å². The number of benzene rings is 4. The summed E-state index contributed by atoms with van der Waals surface area (Å²) in [6, 6.07) is 29.3. The molecule has 2 aliphatic rings. The van der Waals surface area contributed by atoms with Gasteiger partial charge in [-0.1, -0.05) is 135 Å². The molecule has 8 rings (SSSR count). The zero-order valence-corrected chi connectivity index (χ0v) is 26.2. The van der Waals surface area contributed by atoms with E-state index in [-0.39, 0.29) is 5.92 Å². The molecule has 226 valence electrons. The van der Waals surface area contributed by atoms with Gasteiger partial charge in [-0.3, -0.25) is 0 Å². The summed E-state index contributed by atoms with van der Waals surface area (Å²) in [7, 11) is 0. The molecule has 1 atom stereocenters. The van der Waals surface area contributed by atoms with Crippen molar-refractivity contribution in [2.45, 2.75) is 19.3 Å². The Hall–Kier alpha value is -5.80. The lowest BCUT2D eigenvalue weighted by molar-refractivity contribution is 0.669. The van der Waals surface area contributed by atoms with Gasteiger partial charge >= 0.3 is 0 Å². The van der Waals surface area contributed by atoms with E-state index in [1.807, 2.05) is 24.3 Å². The Morgan fingerprint density at radius 1 is 0.830 bits per heavy atom. The average Bonchev–Trinajstić information content (AvgIpc) is 3.55. The quantitative estimate of drug-likeness (QED) is 0.170. The summed E-state index contributed by atoms with van der Waals surface area (Å²) in [6.45, 7) is 8.75. The van der Waals surface area contributed by atoms with Crippen molar-refractivity contribution in [2.24, 2.45) is 5.92 Å². The zero-order chi connectivity index (χ0) is 31.7. The fraction of sp³-hybridized carbons (Fsp3) is 0.0909. The Labute approximate surface area is 275 Å². The molecule has 1 unspecified atom stereocenters. The Bertz CT molecular complexity index is 2360. The van der Waals surface area contributed by atoms with E-state index in [0.29, 0.717) is 5.82 Å². The number of hydrogen-bond acceptors (Lipinski definition) is 3. The summed E-state index contributed by atoms with van der Waals surface area (Å²) in [6.07, 6.45) is 22.4. The normalized spacial score (nSPS) is 16.2. The zero-order valence-electron chi connectivity index (χ0n) is 26.2. The predicted molar refractivity (Wildman–Crippen MR) is 198 cm³/mol. The molecule has 0 bridgehead atoms. The lowest BCUT2D eigenvalue weighted by atomic mass is 9.89. The highest BCUT2D eigenvalue weighted by atomic mass is 16.3. The Balaban J connectivity index is 1.39. The first-order valence-electron chi connectivity index (χ1n) is 16.2. The number of furan rings is 1. The minimum absolute atomic E-state index is 0.265. The van der Waals surface area contributed by atoms with Gasteiger partial charge in [-0.2, -0.15) is 0 Å². The number of fused-ring (bicyclic) bond motifs is 5. The summed E-state index contributed by atoms with van der Waals surface area (Å²) in [5.41, 5.74) is 9.44. The highest BCUT2D eigenvalue weighted by molar-refractivity contribution is 6.23. The first-order valence-corrected chi connectivity index (χ1v) is 16.2. The summed E-state index contributed by atoms with van der Waals surface area (Å²) in [5.74, 6) is 0.898. The van der Waals surface area contributed by atoms with Gasteiger partial charge in [0.2, 0.25) is 0 Å². The van der Waals surface area contributed by atoms with Gasteiger partial charge in [0.05, 0.1) is 17.0 Å². The number of hydrogen-bond donors (Lipinski definition) is 0. The van der Waals surface area contributed by atoms with Crippen LogP contribution in [0, 0.1) is 5.92 Å². The van der Waals surface area contributed by atoms with E-state index >= 15 is 0 Å². The SMILES string of the molecule is C=C/C(=C\C(=C)c1ccc(-c2nc(C3=CCCC=C3)cc(-c3ccccc3)n2)c2oc3ccc4ccccc4c3c12)C1C=CC=CC1. The van der Waals surface area contributed by atoms with E-state index in [0.717, 1.165) is 96.8 Å². The fourth-order valence-electron chi connectivity index (χ4n) is 6.78. The van der Waals surface area contributed by atoms with Crippen molar-refractivity contribution >= 4 is 43.9 Å². The van der Waals surface area contributed by atoms with Gasteiger partial charge in [0.15, 0.2) is 5.82 Å². The van der Waals surface area contributed by atoms with Crippen LogP contribution in [0.15, 0.2) is 163 Å². The molecular formula is C44H34N2O. The van der Waals surface area contributed by atoms with Crippen LogP contribution in [0.5, 0.6) is 0 Å². The van der Waals surface area contributed by atoms with Gasteiger partial charge < -0.3 is 4.42 Å².